The van der Waals surface area contributed by atoms with Crippen molar-refractivity contribution < 1.29 is 4.79 Å². The van der Waals surface area contributed by atoms with Gasteiger partial charge < -0.3 is 9.80 Å². The second kappa shape index (κ2) is 5.53. The van der Waals surface area contributed by atoms with Crippen LogP contribution in [0, 0.1) is 0 Å². The van der Waals surface area contributed by atoms with Gasteiger partial charge in [-0.2, -0.15) is 0 Å². The van der Waals surface area contributed by atoms with Crippen LogP contribution in [0.15, 0.2) is 24.3 Å². The highest BCUT2D eigenvalue weighted by Gasteiger charge is 2.20. The van der Waals surface area contributed by atoms with Gasteiger partial charge in [-0.25, -0.2) is 0 Å². The molecule has 0 bridgehead atoms. The summed E-state index contributed by atoms with van der Waals surface area (Å²) >= 11 is 0. The Morgan fingerprint density at radius 1 is 1.28 bits per heavy atom. The maximum atomic E-state index is 11.6. The van der Waals surface area contributed by atoms with Crippen molar-refractivity contribution in [2.75, 3.05) is 31.6 Å². The molecule has 1 aliphatic rings. The Hall–Kier alpha value is -1.35. The predicted molar refractivity (Wildman–Crippen MR) is 75.4 cm³/mol. The molecule has 0 spiro atoms. The van der Waals surface area contributed by atoms with Crippen molar-refractivity contribution >= 4 is 11.5 Å². The molecule has 0 aliphatic carbocycles. The lowest BCUT2D eigenvalue weighted by atomic mass is 10.1. The van der Waals surface area contributed by atoms with Crippen molar-refractivity contribution in [3.8, 4) is 0 Å². The maximum Gasteiger partial charge on any atom is 0.162 e. The summed E-state index contributed by atoms with van der Waals surface area (Å²) in [4.78, 5) is 16.3. The van der Waals surface area contributed by atoms with Crippen molar-refractivity contribution in [2.45, 2.75) is 26.3 Å². The summed E-state index contributed by atoms with van der Waals surface area (Å²) in [7, 11) is 2.17. The van der Waals surface area contributed by atoms with Gasteiger partial charge in [0.15, 0.2) is 5.78 Å². The number of nitrogens with zero attached hydrogens (tertiary/aromatic N) is 2. The Morgan fingerprint density at radius 2 is 1.94 bits per heavy atom. The third-order valence-corrected chi connectivity index (χ3v) is 3.84. The number of carbonyl (C=O) groups is 1. The largest absolute Gasteiger partial charge is 0.369 e. The predicted octanol–water partition coefficient (Wildman–Crippen LogP) is 2.42. The number of ketones is 1. The topological polar surface area (TPSA) is 23.6 Å². The van der Waals surface area contributed by atoms with Crippen molar-refractivity contribution in [1.29, 1.82) is 0 Å². The number of hydrogen-bond donors (Lipinski definition) is 0. The highest BCUT2D eigenvalue weighted by molar-refractivity contribution is 5.96. The maximum absolute atomic E-state index is 11.6. The number of hydrogen-bond acceptors (Lipinski definition) is 3. The van der Waals surface area contributed by atoms with Crippen LogP contribution < -0.4 is 4.90 Å². The molecular formula is C15H22N2O. The summed E-state index contributed by atoms with van der Waals surface area (Å²) in [5.41, 5.74) is 2.05. The molecule has 1 saturated heterocycles. The van der Waals surface area contributed by atoms with Crippen LogP contribution in [0.2, 0.25) is 0 Å². The quantitative estimate of drug-likeness (QED) is 0.765. The van der Waals surface area contributed by atoms with E-state index in [4.69, 9.17) is 0 Å². The van der Waals surface area contributed by atoms with Gasteiger partial charge in [0.2, 0.25) is 0 Å². The molecule has 1 fully saturated rings. The molecule has 18 heavy (non-hydrogen) atoms. The van der Waals surface area contributed by atoms with E-state index < -0.39 is 0 Å². The number of Topliss-reactive ketones (excluding diaryl/α,β-unsaturated/α-hetero) is 1. The van der Waals surface area contributed by atoms with Gasteiger partial charge in [-0.15, -0.1) is 0 Å². The second-order valence-corrected chi connectivity index (χ2v) is 5.10. The molecule has 0 radical (unpaired) electrons. The van der Waals surface area contributed by atoms with E-state index in [0.717, 1.165) is 25.2 Å². The summed E-state index contributed by atoms with van der Waals surface area (Å²) in [5.74, 6) is 0.216. The van der Waals surface area contributed by atoms with Crippen LogP contribution in [0.4, 0.5) is 5.69 Å². The second-order valence-electron chi connectivity index (χ2n) is 5.10. The number of rotatable bonds is 3. The molecule has 0 N–H and O–H groups in total. The average molecular weight is 246 g/mol. The van der Waals surface area contributed by atoms with Crippen LogP contribution in [-0.4, -0.2) is 43.4 Å². The number of likely N-dealkylation sites (N-methyl/N-ethyl adjacent to an activating group) is 1. The minimum Gasteiger partial charge on any atom is -0.369 e. The monoisotopic (exact) mass is 246 g/mol. The van der Waals surface area contributed by atoms with Gasteiger partial charge in [-0.05, 0) is 38.2 Å². The molecule has 1 aliphatic heterocycles. The fraction of sp³-hybridized carbons (Fsp3) is 0.533. The molecule has 98 valence electrons. The first-order chi connectivity index (χ1) is 8.61. The van der Waals surface area contributed by atoms with Gasteiger partial charge in [-0.3, -0.25) is 4.79 Å². The first-order valence-electron chi connectivity index (χ1n) is 6.70. The number of benzene rings is 1. The molecule has 1 heterocycles. The molecule has 0 aromatic heterocycles. The van der Waals surface area contributed by atoms with Gasteiger partial charge in [0, 0.05) is 43.3 Å². The van der Waals surface area contributed by atoms with Crippen LogP contribution >= 0.6 is 0 Å². The van der Waals surface area contributed by atoms with E-state index in [9.17, 15) is 4.79 Å². The van der Waals surface area contributed by atoms with E-state index in [0.29, 0.717) is 12.5 Å². The molecular weight excluding hydrogens is 224 g/mol. The number of anilines is 1. The Morgan fingerprint density at radius 3 is 2.50 bits per heavy atom. The van der Waals surface area contributed by atoms with Crippen LogP contribution in [0.1, 0.15) is 30.6 Å². The number of carbonyl (C=O) groups excluding carboxylic acids is 1. The fourth-order valence-electron chi connectivity index (χ4n) is 2.35. The molecule has 0 amide bonds. The number of piperazine rings is 1. The van der Waals surface area contributed by atoms with Gasteiger partial charge in [0.1, 0.15) is 0 Å². The van der Waals surface area contributed by atoms with E-state index in [-0.39, 0.29) is 5.78 Å². The average Bonchev–Trinajstić information content (AvgIpc) is 2.41. The summed E-state index contributed by atoms with van der Waals surface area (Å²) in [6, 6.07) is 8.62. The van der Waals surface area contributed by atoms with Gasteiger partial charge >= 0.3 is 0 Å². The Bertz CT molecular complexity index is 413. The molecule has 3 nitrogen and oxygen atoms in total. The molecule has 1 aromatic rings. The Kier molecular flexibility index (Phi) is 4.02. The van der Waals surface area contributed by atoms with E-state index in [1.165, 1.54) is 5.69 Å². The van der Waals surface area contributed by atoms with Crippen LogP contribution in [-0.2, 0) is 0 Å². The van der Waals surface area contributed by atoms with Gasteiger partial charge in [0.25, 0.3) is 0 Å². The lowest BCUT2D eigenvalue weighted by molar-refractivity contribution is 0.0988. The molecule has 1 aromatic carbocycles. The first-order valence-corrected chi connectivity index (χ1v) is 6.70. The van der Waals surface area contributed by atoms with Crippen molar-refractivity contribution in [2.24, 2.45) is 0 Å². The van der Waals surface area contributed by atoms with Crippen LogP contribution in [0.3, 0.4) is 0 Å². The normalized spacial score (nSPS) is 21.1. The van der Waals surface area contributed by atoms with E-state index in [2.05, 4.69) is 35.9 Å². The van der Waals surface area contributed by atoms with Crippen molar-refractivity contribution in [3.63, 3.8) is 0 Å². The zero-order valence-electron chi connectivity index (χ0n) is 11.5. The Labute approximate surface area is 109 Å². The summed E-state index contributed by atoms with van der Waals surface area (Å²) in [5, 5.41) is 0. The molecule has 2 rings (SSSR count). The van der Waals surface area contributed by atoms with E-state index in [1.54, 1.807) is 0 Å². The van der Waals surface area contributed by atoms with Crippen molar-refractivity contribution in [3.05, 3.63) is 29.8 Å². The zero-order chi connectivity index (χ0) is 13.1. The highest BCUT2D eigenvalue weighted by Crippen LogP contribution is 2.19. The SMILES string of the molecule is CCC(=O)c1ccc(N2CCN(C)C(C)C2)cc1. The molecule has 3 heteroatoms. The molecule has 1 unspecified atom stereocenters. The summed E-state index contributed by atoms with van der Waals surface area (Å²) < 4.78 is 0. The summed E-state index contributed by atoms with van der Waals surface area (Å²) in [6.45, 7) is 7.36. The standard InChI is InChI=1S/C15H22N2O/c1-4-15(18)13-5-7-14(8-6-13)17-10-9-16(3)12(2)11-17/h5-8,12H,4,9-11H2,1-3H3. The minimum absolute atomic E-state index is 0.216. The van der Waals surface area contributed by atoms with Crippen LogP contribution in [0.25, 0.3) is 0 Å². The van der Waals surface area contributed by atoms with E-state index >= 15 is 0 Å². The van der Waals surface area contributed by atoms with Crippen molar-refractivity contribution in [1.82, 2.24) is 4.90 Å². The van der Waals surface area contributed by atoms with Gasteiger partial charge in [-0.1, -0.05) is 6.92 Å². The first kappa shape index (κ1) is 13.1. The zero-order valence-corrected chi connectivity index (χ0v) is 11.5. The lowest BCUT2D eigenvalue weighted by Crippen LogP contribution is -2.50. The molecule has 1 atom stereocenters. The third-order valence-electron chi connectivity index (χ3n) is 3.84. The highest BCUT2D eigenvalue weighted by atomic mass is 16.1. The minimum atomic E-state index is 0.216. The third kappa shape index (κ3) is 2.72. The lowest BCUT2D eigenvalue weighted by Gasteiger charge is -2.39. The Balaban J connectivity index is 2.08. The summed E-state index contributed by atoms with van der Waals surface area (Å²) in [6.07, 6.45) is 0.574. The fourth-order valence-corrected chi connectivity index (χ4v) is 2.35. The smallest absolute Gasteiger partial charge is 0.162 e. The van der Waals surface area contributed by atoms with Gasteiger partial charge in [0.05, 0.1) is 0 Å². The van der Waals surface area contributed by atoms with E-state index in [1.807, 2.05) is 19.1 Å². The van der Waals surface area contributed by atoms with Crippen LogP contribution in [0.5, 0.6) is 0 Å². The molecule has 0 saturated carbocycles.